The number of hydrogen-bond donors (Lipinski definition) is 2. The van der Waals surface area contributed by atoms with Crippen LogP contribution in [-0.2, 0) is 10.0 Å². The third-order valence-corrected chi connectivity index (χ3v) is 5.06. The first-order chi connectivity index (χ1) is 9.70. The van der Waals surface area contributed by atoms with Gasteiger partial charge in [0.1, 0.15) is 4.60 Å². The molecule has 7 heteroatoms. The number of halogens is 1. The minimum absolute atomic E-state index is 0.183. The molecule has 2 aromatic rings. The SMILES string of the molecule is Cc1cc(N)c(C)c(S(=O)(=O)Nc2ccc(Br)nc2C)c1. The number of benzene rings is 1. The summed E-state index contributed by atoms with van der Waals surface area (Å²) in [6.07, 6.45) is 0. The van der Waals surface area contributed by atoms with E-state index < -0.39 is 10.0 Å². The number of hydrogen-bond acceptors (Lipinski definition) is 4. The zero-order chi connectivity index (χ0) is 15.8. The summed E-state index contributed by atoms with van der Waals surface area (Å²) in [5.74, 6) is 0. The van der Waals surface area contributed by atoms with E-state index >= 15 is 0 Å². The fourth-order valence-electron chi connectivity index (χ4n) is 1.97. The van der Waals surface area contributed by atoms with E-state index in [2.05, 4.69) is 25.6 Å². The molecule has 5 nitrogen and oxygen atoms in total. The first-order valence-electron chi connectivity index (χ1n) is 6.23. The van der Waals surface area contributed by atoms with Crippen LogP contribution >= 0.6 is 15.9 Å². The van der Waals surface area contributed by atoms with Crippen LogP contribution in [0.1, 0.15) is 16.8 Å². The Balaban J connectivity index is 2.48. The monoisotopic (exact) mass is 369 g/mol. The molecule has 0 amide bonds. The fourth-order valence-corrected chi connectivity index (χ4v) is 3.84. The lowest BCUT2D eigenvalue weighted by atomic mass is 10.1. The van der Waals surface area contributed by atoms with Crippen LogP contribution in [0.25, 0.3) is 0 Å². The quantitative estimate of drug-likeness (QED) is 0.642. The van der Waals surface area contributed by atoms with E-state index in [1.807, 2.05) is 0 Å². The summed E-state index contributed by atoms with van der Waals surface area (Å²) in [7, 11) is -3.71. The molecular weight excluding hydrogens is 354 g/mol. The highest BCUT2D eigenvalue weighted by molar-refractivity contribution is 9.10. The number of rotatable bonds is 3. The van der Waals surface area contributed by atoms with Crippen LogP contribution in [-0.4, -0.2) is 13.4 Å². The number of aryl methyl sites for hydroxylation is 2. The third kappa shape index (κ3) is 3.36. The van der Waals surface area contributed by atoms with Gasteiger partial charge in [0.15, 0.2) is 0 Å². The molecule has 0 aliphatic rings. The minimum Gasteiger partial charge on any atom is -0.398 e. The molecule has 0 saturated carbocycles. The van der Waals surface area contributed by atoms with Crippen LogP contribution in [0.4, 0.5) is 11.4 Å². The molecule has 0 unspecified atom stereocenters. The number of anilines is 2. The van der Waals surface area contributed by atoms with E-state index in [9.17, 15) is 8.42 Å². The lowest BCUT2D eigenvalue weighted by molar-refractivity contribution is 0.600. The summed E-state index contributed by atoms with van der Waals surface area (Å²) in [6, 6.07) is 6.71. The summed E-state index contributed by atoms with van der Waals surface area (Å²) in [4.78, 5) is 4.36. The molecule has 1 heterocycles. The molecule has 112 valence electrons. The van der Waals surface area contributed by atoms with Crippen molar-refractivity contribution in [2.45, 2.75) is 25.7 Å². The number of nitrogens with zero attached hydrogens (tertiary/aromatic N) is 1. The van der Waals surface area contributed by atoms with Crippen LogP contribution in [0, 0.1) is 20.8 Å². The molecule has 3 N–H and O–H groups in total. The zero-order valence-electron chi connectivity index (χ0n) is 11.9. The van der Waals surface area contributed by atoms with Gasteiger partial charge >= 0.3 is 0 Å². The van der Waals surface area contributed by atoms with Gasteiger partial charge in [0.25, 0.3) is 10.0 Å². The predicted octanol–water partition coefficient (Wildman–Crippen LogP) is 3.15. The maximum absolute atomic E-state index is 12.6. The molecule has 0 aliphatic heterocycles. The van der Waals surface area contributed by atoms with Gasteiger partial charge in [0.2, 0.25) is 0 Å². The summed E-state index contributed by atoms with van der Waals surface area (Å²) < 4.78 is 28.3. The molecule has 0 atom stereocenters. The third-order valence-electron chi connectivity index (χ3n) is 3.13. The van der Waals surface area contributed by atoms with Gasteiger partial charge in [0.05, 0.1) is 16.3 Å². The summed E-state index contributed by atoms with van der Waals surface area (Å²) in [5.41, 5.74) is 8.67. The van der Waals surface area contributed by atoms with Crippen molar-refractivity contribution < 1.29 is 8.42 Å². The van der Waals surface area contributed by atoms with E-state index in [1.54, 1.807) is 45.0 Å². The molecule has 0 spiro atoms. The number of aromatic nitrogens is 1. The largest absolute Gasteiger partial charge is 0.398 e. The maximum Gasteiger partial charge on any atom is 0.262 e. The van der Waals surface area contributed by atoms with Gasteiger partial charge in [-0.05, 0) is 72.1 Å². The Labute approximate surface area is 132 Å². The van der Waals surface area contributed by atoms with E-state index in [4.69, 9.17) is 5.73 Å². The number of nitrogen functional groups attached to an aromatic ring is 1. The molecule has 0 bridgehead atoms. The molecule has 1 aromatic heterocycles. The van der Waals surface area contributed by atoms with E-state index in [0.717, 1.165) is 5.56 Å². The lowest BCUT2D eigenvalue weighted by Crippen LogP contribution is -2.16. The second-order valence-corrected chi connectivity index (χ2v) is 7.31. The summed E-state index contributed by atoms with van der Waals surface area (Å²) in [5, 5.41) is 0. The predicted molar refractivity (Wildman–Crippen MR) is 87.8 cm³/mol. The van der Waals surface area contributed by atoms with Gasteiger partial charge in [-0.2, -0.15) is 0 Å². The van der Waals surface area contributed by atoms with E-state index in [0.29, 0.717) is 27.2 Å². The first kappa shape index (κ1) is 15.8. The lowest BCUT2D eigenvalue weighted by Gasteiger charge is -2.14. The average molecular weight is 370 g/mol. The maximum atomic E-state index is 12.6. The number of sulfonamides is 1. The molecule has 2 rings (SSSR count). The highest BCUT2D eigenvalue weighted by Gasteiger charge is 2.20. The van der Waals surface area contributed by atoms with Crippen molar-refractivity contribution in [2.75, 3.05) is 10.5 Å². The van der Waals surface area contributed by atoms with Crippen molar-refractivity contribution in [2.24, 2.45) is 0 Å². The van der Waals surface area contributed by atoms with Gasteiger partial charge in [0, 0.05) is 5.69 Å². The Morgan fingerprint density at radius 1 is 1.19 bits per heavy atom. The fraction of sp³-hybridized carbons (Fsp3) is 0.214. The van der Waals surface area contributed by atoms with Crippen LogP contribution < -0.4 is 10.5 Å². The Kier molecular flexibility index (Phi) is 4.25. The van der Waals surface area contributed by atoms with Gasteiger partial charge in [-0.3, -0.25) is 4.72 Å². The van der Waals surface area contributed by atoms with Crippen LogP contribution in [0.2, 0.25) is 0 Å². The number of nitrogens with one attached hydrogen (secondary N) is 1. The van der Waals surface area contributed by atoms with Crippen molar-refractivity contribution in [3.63, 3.8) is 0 Å². The van der Waals surface area contributed by atoms with Crippen molar-refractivity contribution in [1.82, 2.24) is 4.98 Å². The number of pyridine rings is 1. The Bertz CT molecular complexity index is 804. The standard InChI is InChI=1S/C14H16BrN3O2S/c1-8-6-11(16)9(2)13(7-8)21(19,20)18-12-4-5-14(15)17-10(12)3/h4-7,18H,16H2,1-3H3. The molecule has 0 aliphatic carbocycles. The van der Waals surface area contributed by atoms with E-state index in [1.165, 1.54) is 0 Å². The summed E-state index contributed by atoms with van der Waals surface area (Å²) >= 11 is 3.25. The Hall–Kier alpha value is -1.60. The van der Waals surface area contributed by atoms with Gasteiger partial charge in [-0.1, -0.05) is 0 Å². The summed E-state index contributed by atoms with van der Waals surface area (Å²) in [6.45, 7) is 5.23. The van der Waals surface area contributed by atoms with Gasteiger partial charge in [-0.25, -0.2) is 13.4 Å². The molecule has 0 fully saturated rings. The van der Waals surface area contributed by atoms with E-state index in [-0.39, 0.29) is 4.90 Å². The van der Waals surface area contributed by atoms with Crippen molar-refractivity contribution >= 4 is 37.3 Å². The zero-order valence-corrected chi connectivity index (χ0v) is 14.3. The first-order valence-corrected chi connectivity index (χ1v) is 8.51. The molecule has 1 aromatic carbocycles. The van der Waals surface area contributed by atoms with Gasteiger partial charge < -0.3 is 5.73 Å². The Morgan fingerprint density at radius 3 is 2.48 bits per heavy atom. The van der Waals surface area contributed by atoms with Crippen LogP contribution in [0.15, 0.2) is 33.8 Å². The van der Waals surface area contributed by atoms with Crippen LogP contribution in [0.5, 0.6) is 0 Å². The van der Waals surface area contributed by atoms with Gasteiger partial charge in [-0.15, -0.1) is 0 Å². The smallest absolute Gasteiger partial charge is 0.262 e. The van der Waals surface area contributed by atoms with Crippen molar-refractivity contribution in [1.29, 1.82) is 0 Å². The molecular formula is C14H16BrN3O2S. The second-order valence-electron chi connectivity index (χ2n) is 4.85. The highest BCUT2D eigenvalue weighted by Crippen LogP contribution is 2.26. The minimum atomic E-state index is -3.71. The van der Waals surface area contributed by atoms with Crippen molar-refractivity contribution in [3.05, 3.63) is 45.7 Å². The normalized spacial score (nSPS) is 11.4. The Morgan fingerprint density at radius 2 is 1.86 bits per heavy atom. The molecule has 21 heavy (non-hydrogen) atoms. The second kappa shape index (κ2) is 5.65. The molecule has 0 radical (unpaired) electrons. The highest BCUT2D eigenvalue weighted by atomic mass is 79.9. The average Bonchev–Trinajstić information content (AvgIpc) is 2.37. The van der Waals surface area contributed by atoms with Crippen molar-refractivity contribution in [3.8, 4) is 0 Å². The topological polar surface area (TPSA) is 85.1 Å². The molecule has 0 saturated heterocycles. The number of nitrogens with two attached hydrogens (primary N) is 1. The van der Waals surface area contributed by atoms with Crippen LogP contribution in [0.3, 0.4) is 0 Å².